The zero-order chi connectivity index (χ0) is 24.4. The number of carbonyl (C=O) groups is 4. The molecule has 0 radical (unpaired) electrons. The number of rotatable bonds is 6. The van der Waals surface area contributed by atoms with E-state index in [1.54, 1.807) is 42.5 Å². The third-order valence-corrected chi connectivity index (χ3v) is 6.14. The van der Waals surface area contributed by atoms with Gasteiger partial charge in [0, 0.05) is 22.3 Å². The number of amides is 3. The quantitative estimate of drug-likeness (QED) is 0.407. The number of nitrogens with one attached hydrogen (secondary N) is 1. The van der Waals surface area contributed by atoms with Crippen LogP contribution in [0, 0.1) is 0 Å². The van der Waals surface area contributed by atoms with Crippen molar-refractivity contribution in [2.45, 2.75) is 0 Å². The lowest BCUT2D eigenvalue weighted by atomic mass is 10.1. The van der Waals surface area contributed by atoms with Crippen LogP contribution < -0.4 is 5.32 Å². The average molecular weight is 517 g/mol. The molecule has 2 aromatic carbocycles. The van der Waals surface area contributed by atoms with E-state index in [1.807, 2.05) is 0 Å². The van der Waals surface area contributed by atoms with Crippen LogP contribution in [-0.4, -0.2) is 39.6 Å². The summed E-state index contributed by atoms with van der Waals surface area (Å²) in [5.74, 6) is -1.73. The van der Waals surface area contributed by atoms with Crippen LogP contribution in [-0.2, 0) is 9.59 Å². The van der Waals surface area contributed by atoms with E-state index in [0.29, 0.717) is 33.8 Å². The van der Waals surface area contributed by atoms with E-state index >= 15 is 0 Å². The zero-order valence-electron chi connectivity index (χ0n) is 17.1. The molecule has 2 N–H and O–H groups in total. The highest BCUT2D eigenvalue weighted by molar-refractivity contribution is 8.18. The molecule has 4 rings (SSSR count). The van der Waals surface area contributed by atoms with Crippen molar-refractivity contribution in [3.8, 4) is 11.3 Å². The first-order valence-electron chi connectivity index (χ1n) is 9.65. The number of hydrogen-bond acceptors (Lipinski definition) is 6. The SMILES string of the molecule is O=C(CN1C(=O)S/C(=C/c2ccc(-c3ccc(Cl)c(C(=O)O)c3)o2)C1=O)Nc1cccc(Cl)c1. The van der Waals surface area contributed by atoms with Crippen LogP contribution in [0.4, 0.5) is 10.5 Å². The van der Waals surface area contributed by atoms with Gasteiger partial charge in [0.05, 0.1) is 15.5 Å². The fourth-order valence-corrected chi connectivity index (χ4v) is 4.31. The van der Waals surface area contributed by atoms with Crippen LogP contribution in [0.25, 0.3) is 17.4 Å². The van der Waals surface area contributed by atoms with Crippen molar-refractivity contribution >= 4 is 69.8 Å². The van der Waals surface area contributed by atoms with Gasteiger partial charge in [-0.2, -0.15) is 0 Å². The van der Waals surface area contributed by atoms with E-state index in [-0.39, 0.29) is 21.3 Å². The summed E-state index contributed by atoms with van der Waals surface area (Å²) in [7, 11) is 0. The van der Waals surface area contributed by atoms with Crippen molar-refractivity contribution in [3.63, 3.8) is 0 Å². The van der Waals surface area contributed by atoms with Gasteiger partial charge in [-0.15, -0.1) is 0 Å². The normalized spacial score (nSPS) is 14.6. The standard InChI is InChI=1S/C23H14Cl2N2O6S/c24-13-2-1-3-14(9-13)26-20(28)11-27-21(29)19(34-23(27)32)10-15-5-7-18(33-15)12-4-6-17(25)16(8-12)22(30)31/h1-10H,11H2,(H,26,28)(H,30,31)/b19-10+. The summed E-state index contributed by atoms with van der Waals surface area (Å²) in [5, 5.41) is 11.8. The summed E-state index contributed by atoms with van der Waals surface area (Å²) >= 11 is 12.5. The van der Waals surface area contributed by atoms with Gasteiger partial charge in [0.15, 0.2) is 0 Å². The van der Waals surface area contributed by atoms with E-state index < -0.39 is 29.6 Å². The molecule has 0 spiro atoms. The topological polar surface area (TPSA) is 117 Å². The van der Waals surface area contributed by atoms with Gasteiger partial charge in [-0.3, -0.25) is 19.3 Å². The molecule has 2 heterocycles. The smallest absolute Gasteiger partial charge is 0.337 e. The van der Waals surface area contributed by atoms with Gasteiger partial charge >= 0.3 is 5.97 Å². The van der Waals surface area contributed by atoms with Gasteiger partial charge in [-0.1, -0.05) is 29.3 Å². The minimum Gasteiger partial charge on any atom is -0.478 e. The summed E-state index contributed by atoms with van der Waals surface area (Å²) in [6, 6.07) is 14.1. The fourth-order valence-electron chi connectivity index (χ4n) is 3.10. The molecule has 34 heavy (non-hydrogen) atoms. The Balaban J connectivity index is 1.47. The highest BCUT2D eigenvalue weighted by Crippen LogP contribution is 2.34. The second-order valence-electron chi connectivity index (χ2n) is 7.03. The molecule has 0 saturated carbocycles. The van der Waals surface area contributed by atoms with Crippen molar-refractivity contribution < 1.29 is 28.7 Å². The summed E-state index contributed by atoms with van der Waals surface area (Å²) < 4.78 is 5.70. The molecule has 3 amide bonds. The molecule has 1 aliphatic rings. The molecule has 3 aromatic rings. The van der Waals surface area contributed by atoms with Crippen LogP contribution >= 0.6 is 35.0 Å². The number of thioether (sulfide) groups is 1. The Labute approximate surface area is 207 Å². The molecule has 0 atom stereocenters. The van der Waals surface area contributed by atoms with Crippen LogP contribution in [0.15, 0.2) is 63.9 Å². The molecular weight excluding hydrogens is 503 g/mol. The number of aromatic carboxylic acids is 1. The first kappa shape index (κ1) is 23.6. The third kappa shape index (κ3) is 5.17. The molecule has 8 nitrogen and oxygen atoms in total. The minimum absolute atomic E-state index is 0.0747. The van der Waals surface area contributed by atoms with Crippen molar-refractivity contribution in [1.29, 1.82) is 0 Å². The highest BCUT2D eigenvalue weighted by Gasteiger charge is 2.36. The highest BCUT2D eigenvalue weighted by atomic mass is 35.5. The number of furan rings is 1. The largest absolute Gasteiger partial charge is 0.478 e. The molecule has 1 aromatic heterocycles. The predicted octanol–water partition coefficient (Wildman–Crippen LogP) is 5.63. The molecule has 1 saturated heterocycles. The van der Waals surface area contributed by atoms with E-state index in [0.717, 1.165) is 4.90 Å². The number of hydrogen-bond donors (Lipinski definition) is 2. The molecule has 0 bridgehead atoms. The van der Waals surface area contributed by atoms with Gasteiger partial charge in [0.2, 0.25) is 5.91 Å². The molecular formula is C23H14Cl2N2O6S. The second kappa shape index (κ2) is 9.76. The molecule has 11 heteroatoms. The van der Waals surface area contributed by atoms with E-state index in [2.05, 4.69) is 5.32 Å². The Hall–Kier alpha value is -3.53. The molecule has 1 fully saturated rings. The summed E-state index contributed by atoms with van der Waals surface area (Å²) in [6.07, 6.45) is 1.39. The van der Waals surface area contributed by atoms with E-state index in [1.165, 1.54) is 18.2 Å². The number of anilines is 1. The summed E-state index contributed by atoms with van der Waals surface area (Å²) in [6.45, 7) is -0.458. The Morgan fingerprint density at radius 3 is 2.62 bits per heavy atom. The van der Waals surface area contributed by atoms with Crippen LogP contribution in [0.5, 0.6) is 0 Å². The first-order chi connectivity index (χ1) is 16.2. The lowest BCUT2D eigenvalue weighted by Gasteiger charge is -2.12. The lowest BCUT2D eigenvalue weighted by Crippen LogP contribution is -2.36. The number of carbonyl (C=O) groups excluding carboxylic acids is 3. The minimum atomic E-state index is -1.17. The van der Waals surface area contributed by atoms with Gasteiger partial charge in [-0.25, -0.2) is 4.79 Å². The lowest BCUT2D eigenvalue weighted by molar-refractivity contribution is -0.127. The molecule has 0 unspecified atom stereocenters. The van der Waals surface area contributed by atoms with Gasteiger partial charge in [0.25, 0.3) is 11.1 Å². The number of benzene rings is 2. The van der Waals surface area contributed by atoms with E-state index in [9.17, 15) is 24.3 Å². The van der Waals surface area contributed by atoms with E-state index in [4.69, 9.17) is 27.6 Å². The first-order valence-corrected chi connectivity index (χ1v) is 11.2. The average Bonchev–Trinajstić information content (AvgIpc) is 3.34. The number of carboxylic acids is 1. The second-order valence-corrected chi connectivity index (χ2v) is 8.86. The number of halogens is 2. The van der Waals surface area contributed by atoms with Crippen LogP contribution in [0.1, 0.15) is 16.1 Å². The Morgan fingerprint density at radius 2 is 1.88 bits per heavy atom. The fraction of sp³-hybridized carbons (Fsp3) is 0.0435. The number of nitrogens with zero attached hydrogens (tertiary/aromatic N) is 1. The van der Waals surface area contributed by atoms with Crippen molar-refractivity contribution in [3.05, 3.63) is 80.9 Å². The van der Waals surface area contributed by atoms with Gasteiger partial charge in [0.1, 0.15) is 18.1 Å². The van der Waals surface area contributed by atoms with Crippen LogP contribution in [0.2, 0.25) is 10.0 Å². The maximum absolute atomic E-state index is 12.7. The van der Waals surface area contributed by atoms with Crippen LogP contribution in [0.3, 0.4) is 0 Å². The van der Waals surface area contributed by atoms with Crippen molar-refractivity contribution in [2.75, 3.05) is 11.9 Å². The Bertz CT molecular complexity index is 1370. The maximum atomic E-state index is 12.7. The number of carboxylic acid groups (broad SMARTS) is 1. The monoisotopic (exact) mass is 516 g/mol. The summed E-state index contributed by atoms with van der Waals surface area (Å²) in [4.78, 5) is 49.5. The molecule has 172 valence electrons. The molecule has 1 aliphatic heterocycles. The predicted molar refractivity (Wildman–Crippen MR) is 129 cm³/mol. The summed E-state index contributed by atoms with van der Waals surface area (Å²) in [5.41, 5.74) is 0.845. The van der Waals surface area contributed by atoms with Crippen molar-refractivity contribution in [2.24, 2.45) is 0 Å². The van der Waals surface area contributed by atoms with Gasteiger partial charge < -0.3 is 14.8 Å². The zero-order valence-corrected chi connectivity index (χ0v) is 19.4. The van der Waals surface area contributed by atoms with Crippen molar-refractivity contribution in [1.82, 2.24) is 4.90 Å². The Kier molecular flexibility index (Phi) is 6.78. The molecule has 0 aliphatic carbocycles. The number of imide groups is 1. The Morgan fingerprint density at radius 1 is 1.09 bits per heavy atom. The third-order valence-electron chi connectivity index (χ3n) is 4.67. The maximum Gasteiger partial charge on any atom is 0.337 e. The van der Waals surface area contributed by atoms with Gasteiger partial charge in [-0.05, 0) is 60.3 Å².